The molecule has 0 saturated carbocycles. The molecule has 0 aromatic heterocycles. The van der Waals surface area contributed by atoms with Crippen LogP contribution in [-0.4, -0.2) is 20.6 Å². The van der Waals surface area contributed by atoms with Gasteiger partial charge in [0.1, 0.15) is 0 Å². The second kappa shape index (κ2) is 8.68. The fourth-order valence-electron chi connectivity index (χ4n) is 2.88. The Hall–Kier alpha value is -2.83. The molecule has 0 heterocycles. The van der Waals surface area contributed by atoms with Crippen molar-refractivity contribution in [2.24, 2.45) is 0 Å². The third kappa shape index (κ3) is 5.16. The maximum atomic E-state index is 12.5. The SMILES string of the molecule is Cc1ccccc1CN(c1ccc(C(=O)Nc2ccccc2Cl)cc1)S(C)(=O)=O. The van der Waals surface area contributed by atoms with Crippen LogP contribution in [0.4, 0.5) is 11.4 Å². The van der Waals surface area contributed by atoms with Crippen molar-refractivity contribution >= 4 is 38.9 Å². The summed E-state index contributed by atoms with van der Waals surface area (Å²) >= 11 is 6.07. The van der Waals surface area contributed by atoms with Crippen molar-refractivity contribution in [1.29, 1.82) is 0 Å². The minimum Gasteiger partial charge on any atom is -0.321 e. The predicted octanol–water partition coefficient (Wildman–Crippen LogP) is 4.87. The average molecular weight is 429 g/mol. The lowest BCUT2D eigenvalue weighted by molar-refractivity contribution is 0.102. The first-order chi connectivity index (χ1) is 13.8. The summed E-state index contributed by atoms with van der Waals surface area (Å²) in [6, 6.07) is 21.0. The molecule has 3 aromatic carbocycles. The van der Waals surface area contributed by atoms with Gasteiger partial charge in [-0.1, -0.05) is 48.0 Å². The molecule has 7 heteroatoms. The lowest BCUT2D eigenvalue weighted by Gasteiger charge is -2.23. The van der Waals surface area contributed by atoms with E-state index in [0.29, 0.717) is 22.0 Å². The lowest BCUT2D eigenvalue weighted by atomic mass is 10.1. The molecule has 0 aliphatic carbocycles. The van der Waals surface area contributed by atoms with Gasteiger partial charge in [0.25, 0.3) is 5.91 Å². The van der Waals surface area contributed by atoms with Crippen LogP contribution in [0, 0.1) is 6.92 Å². The minimum absolute atomic E-state index is 0.219. The standard InChI is InChI=1S/C22H21ClN2O3S/c1-16-7-3-4-8-18(16)15-25(29(2,27)28)19-13-11-17(12-14-19)22(26)24-21-10-6-5-9-20(21)23/h3-14H,15H2,1-2H3,(H,24,26). The van der Waals surface area contributed by atoms with E-state index in [9.17, 15) is 13.2 Å². The Morgan fingerprint density at radius 1 is 0.966 bits per heavy atom. The number of nitrogens with zero attached hydrogens (tertiary/aromatic N) is 1. The van der Waals surface area contributed by atoms with Crippen molar-refractivity contribution in [2.75, 3.05) is 15.9 Å². The predicted molar refractivity (Wildman–Crippen MR) is 118 cm³/mol. The van der Waals surface area contributed by atoms with Gasteiger partial charge in [-0.25, -0.2) is 8.42 Å². The van der Waals surface area contributed by atoms with Gasteiger partial charge in [0, 0.05) is 5.56 Å². The first-order valence-electron chi connectivity index (χ1n) is 8.94. The topological polar surface area (TPSA) is 66.5 Å². The Balaban J connectivity index is 1.83. The maximum absolute atomic E-state index is 12.5. The maximum Gasteiger partial charge on any atom is 0.255 e. The monoisotopic (exact) mass is 428 g/mol. The number of carbonyl (C=O) groups is 1. The van der Waals surface area contributed by atoms with Crippen LogP contribution >= 0.6 is 11.6 Å². The summed E-state index contributed by atoms with van der Waals surface area (Å²) in [7, 11) is -3.50. The van der Waals surface area contributed by atoms with Crippen LogP contribution in [0.25, 0.3) is 0 Å². The van der Waals surface area contributed by atoms with Crippen molar-refractivity contribution in [3.05, 3.63) is 94.5 Å². The molecule has 0 aliphatic heterocycles. The number of anilines is 2. The first-order valence-corrected chi connectivity index (χ1v) is 11.2. The molecule has 1 N–H and O–H groups in total. The minimum atomic E-state index is -3.50. The molecule has 0 aliphatic rings. The van der Waals surface area contributed by atoms with Crippen molar-refractivity contribution in [3.63, 3.8) is 0 Å². The number of carbonyl (C=O) groups excluding carboxylic acids is 1. The Bertz CT molecular complexity index is 1130. The number of hydrogen-bond donors (Lipinski definition) is 1. The lowest BCUT2D eigenvalue weighted by Crippen LogP contribution is -2.29. The summed E-state index contributed by atoms with van der Waals surface area (Å²) in [4.78, 5) is 12.5. The second-order valence-electron chi connectivity index (χ2n) is 6.68. The molecule has 29 heavy (non-hydrogen) atoms. The fraction of sp³-hybridized carbons (Fsp3) is 0.136. The molecule has 0 saturated heterocycles. The zero-order valence-corrected chi connectivity index (χ0v) is 17.7. The van der Waals surface area contributed by atoms with Crippen LogP contribution in [0.2, 0.25) is 5.02 Å². The van der Waals surface area contributed by atoms with E-state index in [2.05, 4.69) is 5.32 Å². The molecule has 5 nitrogen and oxygen atoms in total. The van der Waals surface area contributed by atoms with Crippen LogP contribution in [-0.2, 0) is 16.6 Å². The number of amides is 1. The molecule has 3 aromatic rings. The van der Waals surface area contributed by atoms with E-state index in [1.165, 1.54) is 10.6 Å². The molecule has 0 radical (unpaired) electrons. The summed E-state index contributed by atoms with van der Waals surface area (Å²) in [5.74, 6) is -0.325. The zero-order chi connectivity index (χ0) is 21.0. The number of aryl methyl sites for hydroxylation is 1. The van der Waals surface area contributed by atoms with Crippen LogP contribution in [0.5, 0.6) is 0 Å². The number of halogens is 1. The largest absolute Gasteiger partial charge is 0.321 e. The van der Waals surface area contributed by atoms with Crippen LogP contribution in [0.3, 0.4) is 0 Å². The second-order valence-corrected chi connectivity index (χ2v) is 8.99. The number of rotatable bonds is 6. The Kier molecular flexibility index (Phi) is 6.25. The van der Waals surface area contributed by atoms with Crippen molar-refractivity contribution < 1.29 is 13.2 Å². The van der Waals surface area contributed by atoms with Crippen LogP contribution in [0.15, 0.2) is 72.8 Å². The highest BCUT2D eigenvalue weighted by Crippen LogP contribution is 2.24. The molecular weight excluding hydrogens is 408 g/mol. The smallest absolute Gasteiger partial charge is 0.255 e. The summed E-state index contributed by atoms with van der Waals surface area (Å²) in [5.41, 5.74) is 3.33. The third-order valence-electron chi connectivity index (χ3n) is 4.52. The molecule has 150 valence electrons. The third-order valence-corrected chi connectivity index (χ3v) is 5.99. The quantitative estimate of drug-likeness (QED) is 0.609. The van der Waals surface area contributed by atoms with E-state index >= 15 is 0 Å². The normalized spacial score (nSPS) is 11.1. The number of sulfonamides is 1. The number of benzene rings is 3. The van der Waals surface area contributed by atoms with Gasteiger partial charge < -0.3 is 5.32 Å². The summed E-state index contributed by atoms with van der Waals surface area (Å²) < 4.78 is 26.1. The van der Waals surface area contributed by atoms with Gasteiger partial charge in [-0.3, -0.25) is 9.10 Å². The van der Waals surface area contributed by atoms with E-state index < -0.39 is 10.0 Å². The van der Waals surface area contributed by atoms with Crippen molar-refractivity contribution in [1.82, 2.24) is 0 Å². The van der Waals surface area contributed by atoms with Gasteiger partial charge >= 0.3 is 0 Å². The number of para-hydroxylation sites is 1. The van der Waals surface area contributed by atoms with Gasteiger partial charge in [-0.2, -0.15) is 0 Å². The number of hydrogen-bond acceptors (Lipinski definition) is 3. The van der Waals surface area contributed by atoms with E-state index in [-0.39, 0.29) is 12.5 Å². The summed E-state index contributed by atoms with van der Waals surface area (Å²) in [5, 5.41) is 3.19. The molecule has 3 rings (SSSR count). The Morgan fingerprint density at radius 2 is 1.59 bits per heavy atom. The van der Waals surface area contributed by atoms with Gasteiger partial charge in [0.2, 0.25) is 10.0 Å². The fourth-order valence-corrected chi connectivity index (χ4v) is 3.94. The Labute approximate surface area is 176 Å². The Morgan fingerprint density at radius 3 is 2.21 bits per heavy atom. The molecular formula is C22H21ClN2O3S. The molecule has 0 atom stereocenters. The molecule has 1 amide bonds. The van der Waals surface area contributed by atoms with Gasteiger partial charge in [-0.15, -0.1) is 0 Å². The highest BCUT2D eigenvalue weighted by molar-refractivity contribution is 7.92. The van der Waals surface area contributed by atoms with Crippen molar-refractivity contribution in [3.8, 4) is 0 Å². The van der Waals surface area contributed by atoms with E-state index in [1.807, 2.05) is 31.2 Å². The highest BCUT2D eigenvalue weighted by Gasteiger charge is 2.19. The molecule has 0 spiro atoms. The number of nitrogens with one attached hydrogen (secondary N) is 1. The first kappa shape index (κ1) is 20.9. The van der Waals surface area contributed by atoms with Gasteiger partial charge in [-0.05, 0) is 54.4 Å². The van der Waals surface area contributed by atoms with E-state index in [1.54, 1.807) is 48.5 Å². The molecule has 0 unspecified atom stereocenters. The molecule has 0 fully saturated rings. The highest BCUT2D eigenvalue weighted by atomic mass is 35.5. The van der Waals surface area contributed by atoms with Gasteiger partial charge in [0.15, 0.2) is 0 Å². The van der Waals surface area contributed by atoms with Crippen molar-refractivity contribution in [2.45, 2.75) is 13.5 Å². The summed E-state index contributed by atoms with van der Waals surface area (Å²) in [6.45, 7) is 2.16. The molecule has 0 bridgehead atoms. The van der Waals surface area contributed by atoms with Gasteiger partial charge in [0.05, 0.1) is 29.2 Å². The van der Waals surface area contributed by atoms with Crippen LogP contribution < -0.4 is 9.62 Å². The zero-order valence-electron chi connectivity index (χ0n) is 16.1. The summed E-state index contributed by atoms with van der Waals surface area (Å²) in [6.07, 6.45) is 1.17. The average Bonchev–Trinajstić information content (AvgIpc) is 2.68. The van der Waals surface area contributed by atoms with Crippen LogP contribution in [0.1, 0.15) is 21.5 Å². The van der Waals surface area contributed by atoms with E-state index in [4.69, 9.17) is 11.6 Å². The van der Waals surface area contributed by atoms with E-state index in [0.717, 1.165) is 11.1 Å².